The van der Waals surface area contributed by atoms with Gasteiger partial charge in [-0.2, -0.15) is 5.10 Å². The SMILES string of the molecule is CCC(=NNc1ccc([N+](=O)[O-])cc1[N+](=O)[O-])c1ccc2c(c1)OCCO2. The van der Waals surface area contributed by atoms with Crippen molar-refractivity contribution >= 4 is 22.8 Å². The molecule has 0 saturated carbocycles. The monoisotopic (exact) mass is 372 g/mol. The van der Waals surface area contributed by atoms with Crippen LogP contribution in [0.15, 0.2) is 41.5 Å². The first-order chi connectivity index (χ1) is 13.0. The van der Waals surface area contributed by atoms with Gasteiger partial charge in [0.15, 0.2) is 11.5 Å². The molecule has 3 rings (SSSR count). The van der Waals surface area contributed by atoms with Gasteiger partial charge in [0.1, 0.15) is 18.9 Å². The number of anilines is 1. The average molecular weight is 372 g/mol. The fourth-order valence-electron chi connectivity index (χ4n) is 2.58. The highest BCUT2D eigenvalue weighted by molar-refractivity contribution is 6.01. The van der Waals surface area contributed by atoms with Crippen LogP contribution in [0, 0.1) is 20.2 Å². The van der Waals surface area contributed by atoms with Crippen LogP contribution in [0.3, 0.4) is 0 Å². The minimum Gasteiger partial charge on any atom is -0.486 e. The van der Waals surface area contributed by atoms with E-state index in [1.165, 1.54) is 12.1 Å². The van der Waals surface area contributed by atoms with Crippen LogP contribution < -0.4 is 14.9 Å². The molecule has 0 radical (unpaired) electrons. The number of hydrogen-bond acceptors (Lipinski definition) is 8. The molecule has 0 unspecified atom stereocenters. The topological polar surface area (TPSA) is 129 Å². The number of rotatable bonds is 6. The summed E-state index contributed by atoms with van der Waals surface area (Å²) in [6.45, 7) is 2.84. The summed E-state index contributed by atoms with van der Waals surface area (Å²) in [5.74, 6) is 1.26. The Bertz CT molecular complexity index is 928. The van der Waals surface area contributed by atoms with E-state index in [0.29, 0.717) is 36.8 Å². The summed E-state index contributed by atoms with van der Waals surface area (Å²) in [7, 11) is 0. The summed E-state index contributed by atoms with van der Waals surface area (Å²) < 4.78 is 11.0. The van der Waals surface area contributed by atoms with Gasteiger partial charge in [0.25, 0.3) is 5.69 Å². The number of benzene rings is 2. The minimum atomic E-state index is -0.694. The number of nitrogens with one attached hydrogen (secondary N) is 1. The molecule has 1 N–H and O–H groups in total. The zero-order chi connectivity index (χ0) is 19.4. The summed E-state index contributed by atoms with van der Waals surface area (Å²) in [5.41, 5.74) is 3.33. The van der Waals surface area contributed by atoms with E-state index < -0.39 is 15.5 Å². The van der Waals surface area contributed by atoms with E-state index in [9.17, 15) is 20.2 Å². The molecule has 0 atom stereocenters. The van der Waals surface area contributed by atoms with Crippen molar-refractivity contribution in [3.05, 3.63) is 62.2 Å². The maximum Gasteiger partial charge on any atom is 0.301 e. The Morgan fingerprint density at radius 1 is 1.07 bits per heavy atom. The Kier molecular flexibility index (Phi) is 5.15. The molecule has 0 saturated heterocycles. The molecule has 1 aliphatic heterocycles. The van der Waals surface area contributed by atoms with Gasteiger partial charge in [0, 0.05) is 11.6 Å². The van der Waals surface area contributed by atoms with E-state index in [0.717, 1.165) is 11.6 Å². The molecule has 1 aliphatic rings. The molecular formula is C17H16N4O6. The van der Waals surface area contributed by atoms with E-state index in [2.05, 4.69) is 10.5 Å². The normalized spacial score (nSPS) is 13.1. The van der Waals surface area contributed by atoms with Gasteiger partial charge in [0.2, 0.25) is 0 Å². The summed E-state index contributed by atoms with van der Waals surface area (Å²) in [6.07, 6.45) is 0.549. The summed E-state index contributed by atoms with van der Waals surface area (Å²) >= 11 is 0. The average Bonchev–Trinajstić information content (AvgIpc) is 2.68. The fourth-order valence-corrected chi connectivity index (χ4v) is 2.58. The van der Waals surface area contributed by atoms with E-state index in [4.69, 9.17) is 9.47 Å². The standard InChI is InChI=1S/C17H16N4O6/c1-2-13(11-3-6-16-17(9-11)27-8-7-26-16)18-19-14-5-4-12(20(22)23)10-15(14)21(24)25/h3-6,9-10,19H,2,7-8H2,1H3. The van der Waals surface area contributed by atoms with Crippen LogP contribution in [-0.4, -0.2) is 28.8 Å². The van der Waals surface area contributed by atoms with Crippen LogP contribution in [0.25, 0.3) is 0 Å². The van der Waals surface area contributed by atoms with Gasteiger partial charge in [-0.25, -0.2) is 0 Å². The summed E-state index contributed by atoms with van der Waals surface area (Å²) in [5, 5.41) is 26.3. The molecule has 0 aliphatic carbocycles. The molecule has 140 valence electrons. The fraction of sp³-hybridized carbons (Fsp3) is 0.235. The lowest BCUT2D eigenvalue weighted by atomic mass is 10.1. The van der Waals surface area contributed by atoms with Crippen LogP contribution in [-0.2, 0) is 0 Å². The lowest BCUT2D eigenvalue weighted by Gasteiger charge is -2.19. The lowest BCUT2D eigenvalue weighted by molar-refractivity contribution is -0.393. The maximum absolute atomic E-state index is 11.2. The zero-order valence-electron chi connectivity index (χ0n) is 14.4. The highest BCUT2D eigenvalue weighted by Gasteiger charge is 2.19. The highest BCUT2D eigenvalue weighted by atomic mass is 16.6. The smallest absolute Gasteiger partial charge is 0.301 e. The molecule has 0 spiro atoms. The van der Waals surface area contributed by atoms with Gasteiger partial charge in [-0.1, -0.05) is 6.92 Å². The number of hydrogen-bond donors (Lipinski definition) is 1. The first kappa shape index (κ1) is 18.1. The van der Waals surface area contributed by atoms with Crippen molar-refractivity contribution in [2.24, 2.45) is 5.10 Å². The third-order valence-electron chi connectivity index (χ3n) is 3.91. The second-order valence-electron chi connectivity index (χ2n) is 5.60. The van der Waals surface area contributed by atoms with Gasteiger partial charge in [-0.3, -0.25) is 25.7 Å². The van der Waals surface area contributed by atoms with Crippen LogP contribution in [0.2, 0.25) is 0 Å². The molecule has 0 fully saturated rings. The van der Waals surface area contributed by atoms with Crippen molar-refractivity contribution < 1.29 is 19.3 Å². The molecule has 10 nitrogen and oxygen atoms in total. The third kappa shape index (κ3) is 3.94. The maximum atomic E-state index is 11.2. The molecule has 0 bridgehead atoms. The number of nitrogens with zero attached hydrogens (tertiary/aromatic N) is 3. The van der Waals surface area contributed by atoms with Crippen LogP contribution in [0.1, 0.15) is 18.9 Å². The van der Waals surface area contributed by atoms with Crippen molar-refractivity contribution in [3.63, 3.8) is 0 Å². The van der Waals surface area contributed by atoms with Gasteiger partial charge in [-0.05, 0) is 30.7 Å². The molecule has 0 aromatic heterocycles. The Labute approximate surface area is 153 Å². The van der Waals surface area contributed by atoms with Gasteiger partial charge < -0.3 is 9.47 Å². The molecule has 2 aromatic carbocycles. The lowest BCUT2D eigenvalue weighted by Crippen LogP contribution is -2.16. The number of nitro benzene ring substituents is 2. The van der Waals surface area contributed by atoms with Crippen molar-refractivity contribution in [3.8, 4) is 11.5 Å². The number of ether oxygens (including phenoxy) is 2. The predicted molar refractivity (Wildman–Crippen MR) is 97.6 cm³/mol. The molecule has 1 heterocycles. The summed E-state index contributed by atoms with van der Waals surface area (Å²) in [6, 6.07) is 8.73. The quantitative estimate of drug-likeness (QED) is 0.466. The van der Waals surface area contributed by atoms with Crippen molar-refractivity contribution in [2.75, 3.05) is 18.6 Å². The third-order valence-corrected chi connectivity index (χ3v) is 3.91. The molecule has 2 aromatic rings. The van der Waals surface area contributed by atoms with E-state index in [1.54, 1.807) is 12.1 Å². The Hall–Kier alpha value is -3.69. The van der Waals surface area contributed by atoms with E-state index in [1.807, 2.05) is 13.0 Å². The highest BCUT2D eigenvalue weighted by Crippen LogP contribution is 2.32. The van der Waals surface area contributed by atoms with Gasteiger partial charge >= 0.3 is 5.69 Å². The number of fused-ring (bicyclic) bond motifs is 1. The summed E-state index contributed by atoms with van der Waals surface area (Å²) in [4.78, 5) is 20.6. The first-order valence-electron chi connectivity index (χ1n) is 8.15. The molecule has 0 amide bonds. The largest absolute Gasteiger partial charge is 0.486 e. The van der Waals surface area contributed by atoms with Crippen LogP contribution in [0.4, 0.5) is 17.1 Å². The van der Waals surface area contributed by atoms with Gasteiger partial charge in [0.05, 0.1) is 21.6 Å². The first-order valence-corrected chi connectivity index (χ1v) is 8.15. The Morgan fingerprint density at radius 3 is 2.48 bits per heavy atom. The van der Waals surface area contributed by atoms with Crippen molar-refractivity contribution in [1.82, 2.24) is 0 Å². The van der Waals surface area contributed by atoms with E-state index >= 15 is 0 Å². The Morgan fingerprint density at radius 2 is 1.81 bits per heavy atom. The minimum absolute atomic E-state index is 0.0640. The zero-order valence-corrected chi connectivity index (χ0v) is 14.4. The number of hydrazone groups is 1. The van der Waals surface area contributed by atoms with Crippen LogP contribution >= 0.6 is 0 Å². The van der Waals surface area contributed by atoms with Crippen molar-refractivity contribution in [1.29, 1.82) is 0 Å². The van der Waals surface area contributed by atoms with Crippen LogP contribution in [0.5, 0.6) is 11.5 Å². The Balaban J connectivity index is 1.89. The molecule has 27 heavy (non-hydrogen) atoms. The van der Waals surface area contributed by atoms with Crippen molar-refractivity contribution in [2.45, 2.75) is 13.3 Å². The number of nitro groups is 2. The number of non-ortho nitro benzene ring substituents is 1. The molecule has 10 heteroatoms. The second-order valence-corrected chi connectivity index (χ2v) is 5.60. The predicted octanol–water partition coefficient (Wildman–Crippen LogP) is 3.50. The molecular weight excluding hydrogens is 356 g/mol. The van der Waals surface area contributed by atoms with Gasteiger partial charge in [-0.15, -0.1) is 0 Å². The second kappa shape index (κ2) is 7.68. The van der Waals surface area contributed by atoms with E-state index in [-0.39, 0.29) is 11.4 Å².